The molecule has 0 aromatic carbocycles. The maximum atomic E-state index is 2.59. The third kappa shape index (κ3) is 9.09. The topological polar surface area (TPSA) is 0 Å². The van der Waals surface area contributed by atoms with Gasteiger partial charge in [0, 0.05) is 0 Å². The summed E-state index contributed by atoms with van der Waals surface area (Å²) in [5, 5.41) is 0. The SMILES string of the molecule is CC/C=C/C1CCC(/C=C/CCC2CCC(C3CCC(CCCCC)CC3)CC2)CC1. The first-order valence-electron chi connectivity index (χ1n) is 14.6. The molecule has 0 unspecified atom stereocenters. The van der Waals surface area contributed by atoms with Gasteiger partial charge in [-0.25, -0.2) is 0 Å². The van der Waals surface area contributed by atoms with Crippen molar-refractivity contribution in [2.75, 3.05) is 0 Å². The fourth-order valence-corrected chi connectivity index (χ4v) is 7.06. The Morgan fingerprint density at radius 2 is 1.06 bits per heavy atom. The molecule has 0 saturated heterocycles. The summed E-state index contributed by atoms with van der Waals surface area (Å²) in [4.78, 5) is 0. The highest BCUT2D eigenvalue weighted by Gasteiger charge is 2.30. The Morgan fingerprint density at radius 3 is 1.58 bits per heavy atom. The predicted molar refractivity (Wildman–Crippen MR) is 138 cm³/mol. The summed E-state index contributed by atoms with van der Waals surface area (Å²) in [6, 6.07) is 0. The van der Waals surface area contributed by atoms with Crippen molar-refractivity contribution in [3.63, 3.8) is 0 Å². The van der Waals surface area contributed by atoms with E-state index in [0.717, 1.165) is 35.5 Å². The molecular weight excluding hydrogens is 372 g/mol. The van der Waals surface area contributed by atoms with Crippen molar-refractivity contribution in [3.05, 3.63) is 24.3 Å². The van der Waals surface area contributed by atoms with E-state index in [4.69, 9.17) is 0 Å². The lowest BCUT2D eigenvalue weighted by atomic mass is 9.68. The van der Waals surface area contributed by atoms with Crippen molar-refractivity contribution >= 4 is 0 Å². The van der Waals surface area contributed by atoms with Gasteiger partial charge in [-0.05, 0) is 106 Å². The molecule has 3 aliphatic carbocycles. The van der Waals surface area contributed by atoms with Gasteiger partial charge in [-0.1, -0.05) is 89.5 Å². The zero-order chi connectivity index (χ0) is 21.7. The second-order valence-corrected chi connectivity index (χ2v) is 11.6. The minimum atomic E-state index is 0.871. The molecule has 0 N–H and O–H groups in total. The molecule has 0 bridgehead atoms. The van der Waals surface area contributed by atoms with Crippen LogP contribution in [0.2, 0.25) is 0 Å². The van der Waals surface area contributed by atoms with E-state index in [-0.39, 0.29) is 0 Å². The van der Waals surface area contributed by atoms with Gasteiger partial charge in [-0.3, -0.25) is 0 Å². The van der Waals surface area contributed by atoms with Crippen LogP contribution < -0.4 is 0 Å². The monoisotopic (exact) mass is 426 g/mol. The van der Waals surface area contributed by atoms with Crippen LogP contribution in [0.25, 0.3) is 0 Å². The van der Waals surface area contributed by atoms with Crippen LogP contribution in [0, 0.1) is 35.5 Å². The third-order valence-electron chi connectivity index (χ3n) is 9.28. The number of hydrogen-bond acceptors (Lipinski definition) is 0. The molecular formula is C31H54. The Hall–Kier alpha value is -0.520. The van der Waals surface area contributed by atoms with Crippen LogP contribution in [0.3, 0.4) is 0 Å². The van der Waals surface area contributed by atoms with Gasteiger partial charge in [0.15, 0.2) is 0 Å². The normalized spacial score (nSPS) is 35.2. The summed E-state index contributed by atoms with van der Waals surface area (Å²) >= 11 is 0. The van der Waals surface area contributed by atoms with Crippen molar-refractivity contribution in [1.82, 2.24) is 0 Å². The smallest absolute Gasteiger partial charge is 0.0233 e. The highest BCUT2D eigenvalue weighted by Crippen LogP contribution is 2.43. The first-order valence-corrected chi connectivity index (χ1v) is 14.6. The van der Waals surface area contributed by atoms with E-state index in [1.54, 1.807) is 38.5 Å². The molecule has 3 saturated carbocycles. The zero-order valence-corrected chi connectivity index (χ0v) is 21.2. The standard InChI is InChI=1S/C31H54/c1-3-5-7-11-28-18-22-30(23-19-28)31-24-20-29(21-25-31)13-9-8-12-27-16-14-26(15-17-27)10-6-4-2/h6,8,10,12,26-31H,3-5,7,9,11,13-25H2,1-2H3/b10-6+,12-8+. The molecule has 0 aliphatic heterocycles. The Balaban J connectivity index is 1.23. The highest BCUT2D eigenvalue weighted by atomic mass is 14.4. The average Bonchev–Trinajstić information content (AvgIpc) is 2.82. The number of rotatable bonds is 11. The lowest BCUT2D eigenvalue weighted by Crippen LogP contribution is -2.25. The Kier molecular flexibility index (Phi) is 11.8. The highest BCUT2D eigenvalue weighted by molar-refractivity contribution is 4.96. The lowest BCUT2D eigenvalue weighted by molar-refractivity contribution is 0.140. The fourth-order valence-electron chi connectivity index (χ4n) is 7.06. The quantitative estimate of drug-likeness (QED) is 0.227. The van der Waals surface area contributed by atoms with E-state index in [2.05, 4.69) is 38.2 Å². The van der Waals surface area contributed by atoms with E-state index in [0.29, 0.717) is 0 Å². The molecule has 178 valence electrons. The molecule has 0 aromatic heterocycles. The van der Waals surface area contributed by atoms with Gasteiger partial charge in [-0.2, -0.15) is 0 Å². The number of unbranched alkanes of at least 4 members (excludes halogenated alkanes) is 2. The first-order chi connectivity index (χ1) is 15.3. The summed E-state index contributed by atoms with van der Waals surface area (Å²) in [6.45, 7) is 4.58. The van der Waals surface area contributed by atoms with Crippen LogP contribution >= 0.6 is 0 Å². The summed E-state index contributed by atoms with van der Waals surface area (Å²) in [5.41, 5.74) is 0. The molecule has 3 fully saturated rings. The van der Waals surface area contributed by atoms with Crippen molar-refractivity contribution in [2.45, 2.75) is 136 Å². The largest absolute Gasteiger partial charge is 0.0885 e. The van der Waals surface area contributed by atoms with E-state index in [1.807, 2.05) is 0 Å². The summed E-state index contributed by atoms with van der Waals surface area (Å²) in [5.74, 6) is 6.02. The second-order valence-electron chi connectivity index (χ2n) is 11.6. The summed E-state index contributed by atoms with van der Waals surface area (Å²) < 4.78 is 0. The summed E-state index contributed by atoms with van der Waals surface area (Å²) in [7, 11) is 0. The van der Waals surface area contributed by atoms with E-state index in [9.17, 15) is 0 Å². The zero-order valence-electron chi connectivity index (χ0n) is 21.2. The van der Waals surface area contributed by atoms with E-state index in [1.165, 1.54) is 83.5 Å². The van der Waals surface area contributed by atoms with Gasteiger partial charge in [0.25, 0.3) is 0 Å². The van der Waals surface area contributed by atoms with Crippen LogP contribution in [0.4, 0.5) is 0 Å². The van der Waals surface area contributed by atoms with Crippen LogP contribution in [0.5, 0.6) is 0 Å². The van der Waals surface area contributed by atoms with E-state index >= 15 is 0 Å². The lowest BCUT2D eigenvalue weighted by Gasteiger charge is -2.38. The van der Waals surface area contributed by atoms with Crippen molar-refractivity contribution in [1.29, 1.82) is 0 Å². The average molecular weight is 427 g/mol. The van der Waals surface area contributed by atoms with E-state index < -0.39 is 0 Å². The summed E-state index contributed by atoms with van der Waals surface area (Å²) in [6.07, 6.45) is 37.9. The Bertz CT molecular complexity index is 490. The molecule has 3 rings (SSSR count). The van der Waals surface area contributed by atoms with Gasteiger partial charge in [0.1, 0.15) is 0 Å². The molecule has 0 atom stereocenters. The first kappa shape index (κ1) is 25.1. The third-order valence-corrected chi connectivity index (χ3v) is 9.28. The van der Waals surface area contributed by atoms with Crippen molar-refractivity contribution < 1.29 is 0 Å². The van der Waals surface area contributed by atoms with Crippen molar-refractivity contribution in [3.8, 4) is 0 Å². The minimum absolute atomic E-state index is 0.871. The Labute approximate surface area is 195 Å². The Morgan fingerprint density at radius 1 is 0.548 bits per heavy atom. The minimum Gasteiger partial charge on any atom is -0.0885 e. The van der Waals surface area contributed by atoms with Crippen molar-refractivity contribution in [2.24, 2.45) is 35.5 Å². The molecule has 0 heteroatoms. The molecule has 31 heavy (non-hydrogen) atoms. The number of allylic oxidation sites excluding steroid dienone is 4. The van der Waals surface area contributed by atoms with Crippen LogP contribution in [-0.2, 0) is 0 Å². The van der Waals surface area contributed by atoms with Gasteiger partial charge >= 0.3 is 0 Å². The number of hydrogen-bond donors (Lipinski definition) is 0. The maximum Gasteiger partial charge on any atom is -0.0233 e. The van der Waals surface area contributed by atoms with Crippen LogP contribution in [-0.4, -0.2) is 0 Å². The van der Waals surface area contributed by atoms with Gasteiger partial charge < -0.3 is 0 Å². The molecule has 0 amide bonds. The second kappa shape index (κ2) is 14.6. The molecule has 0 heterocycles. The predicted octanol–water partition coefficient (Wildman–Crippen LogP) is 10.3. The molecule has 0 nitrogen and oxygen atoms in total. The molecule has 0 radical (unpaired) electrons. The van der Waals surface area contributed by atoms with Gasteiger partial charge in [0.2, 0.25) is 0 Å². The van der Waals surface area contributed by atoms with Gasteiger partial charge in [0.05, 0.1) is 0 Å². The van der Waals surface area contributed by atoms with Gasteiger partial charge in [-0.15, -0.1) is 0 Å². The maximum absolute atomic E-state index is 2.59. The molecule has 3 aliphatic rings. The van der Waals surface area contributed by atoms with Crippen LogP contribution in [0.1, 0.15) is 136 Å². The van der Waals surface area contributed by atoms with Crippen LogP contribution in [0.15, 0.2) is 24.3 Å². The fraction of sp³-hybridized carbons (Fsp3) is 0.871. The molecule has 0 spiro atoms. The molecule has 0 aromatic rings.